The Hall–Kier alpha value is -0.960. The lowest BCUT2D eigenvalue weighted by molar-refractivity contribution is 0.285. The fraction of sp³-hybridized carbons (Fsp3) is 0.100. The number of hydrogen-bond donors (Lipinski definition) is 2. The lowest BCUT2D eigenvalue weighted by Gasteiger charge is -2.07. The van der Waals surface area contributed by atoms with Gasteiger partial charge in [0.15, 0.2) is 0 Å². The first-order valence-corrected chi connectivity index (χ1v) is 7.94. The van der Waals surface area contributed by atoms with Crippen LogP contribution in [0.3, 0.4) is 0 Å². The summed E-state index contributed by atoms with van der Waals surface area (Å²) in [7, 11) is -3.63. The van der Waals surface area contributed by atoms with Crippen molar-refractivity contribution in [1.82, 2.24) is 4.98 Å². The fourth-order valence-electron chi connectivity index (χ4n) is 1.24. The van der Waals surface area contributed by atoms with Crippen LogP contribution in [0.5, 0.6) is 0 Å². The molecular weight excluding hydrogens is 340 g/mol. The molecule has 0 radical (unpaired) electrons. The molecule has 96 valence electrons. The lowest BCUT2D eigenvalue weighted by Crippen LogP contribution is -2.11. The molecule has 0 saturated carbocycles. The molecule has 0 aromatic carbocycles. The summed E-state index contributed by atoms with van der Waals surface area (Å²) in [6, 6.07) is 4.61. The second-order valence-corrected chi connectivity index (χ2v) is 7.27. The van der Waals surface area contributed by atoms with Crippen molar-refractivity contribution in [3.05, 3.63) is 39.9 Å². The second-order valence-electron chi connectivity index (χ2n) is 3.34. The summed E-state index contributed by atoms with van der Waals surface area (Å²) in [6.07, 6.45) is 3.00. The van der Waals surface area contributed by atoms with Gasteiger partial charge in [-0.05, 0) is 34.1 Å². The Kier molecular flexibility index (Phi) is 4.00. The fourth-order valence-corrected chi connectivity index (χ4v) is 4.02. The van der Waals surface area contributed by atoms with Crippen LogP contribution in [0.15, 0.2) is 39.3 Å². The topological polar surface area (TPSA) is 79.3 Å². The summed E-state index contributed by atoms with van der Waals surface area (Å²) in [5, 5.41) is 8.93. The molecule has 0 aliphatic heterocycles. The monoisotopic (exact) mass is 348 g/mol. The number of hydrogen-bond acceptors (Lipinski definition) is 5. The van der Waals surface area contributed by atoms with Gasteiger partial charge in [0.25, 0.3) is 10.0 Å². The maximum atomic E-state index is 12.1. The number of nitrogens with one attached hydrogen (secondary N) is 1. The van der Waals surface area contributed by atoms with Crippen LogP contribution in [0, 0.1) is 0 Å². The van der Waals surface area contributed by atoms with Crippen molar-refractivity contribution in [3.63, 3.8) is 0 Å². The van der Waals surface area contributed by atoms with Crippen LogP contribution in [-0.2, 0) is 16.6 Å². The highest BCUT2D eigenvalue weighted by Gasteiger charge is 2.17. The molecule has 2 rings (SSSR count). The third kappa shape index (κ3) is 2.89. The van der Waals surface area contributed by atoms with Crippen molar-refractivity contribution in [1.29, 1.82) is 0 Å². The molecule has 2 aromatic heterocycles. The van der Waals surface area contributed by atoms with E-state index >= 15 is 0 Å². The van der Waals surface area contributed by atoms with Crippen molar-refractivity contribution in [2.75, 3.05) is 4.72 Å². The largest absolute Gasteiger partial charge is 0.391 e. The van der Waals surface area contributed by atoms with E-state index in [-0.39, 0.29) is 10.8 Å². The maximum absolute atomic E-state index is 12.1. The Labute approximate surface area is 117 Å². The van der Waals surface area contributed by atoms with Gasteiger partial charge in [0.2, 0.25) is 0 Å². The number of pyridine rings is 1. The number of aliphatic hydroxyl groups excluding tert-OH is 1. The number of aliphatic hydroxyl groups is 1. The van der Waals surface area contributed by atoms with Crippen LogP contribution >= 0.6 is 27.3 Å². The van der Waals surface area contributed by atoms with Crippen molar-refractivity contribution in [2.24, 2.45) is 0 Å². The van der Waals surface area contributed by atoms with Crippen LogP contribution in [0.4, 0.5) is 5.69 Å². The van der Waals surface area contributed by atoms with E-state index in [0.717, 1.165) is 11.3 Å². The number of rotatable bonds is 4. The summed E-state index contributed by atoms with van der Waals surface area (Å²) in [5.74, 6) is 0. The van der Waals surface area contributed by atoms with Crippen LogP contribution in [0.2, 0.25) is 0 Å². The SMILES string of the molecule is O=S(=O)(Nc1ccncc1Br)c1ccc(CO)s1. The zero-order valence-corrected chi connectivity index (χ0v) is 12.2. The van der Waals surface area contributed by atoms with E-state index in [9.17, 15) is 8.42 Å². The Bertz CT molecular complexity index is 655. The van der Waals surface area contributed by atoms with Gasteiger partial charge in [-0.3, -0.25) is 9.71 Å². The quantitative estimate of drug-likeness (QED) is 0.887. The Morgan fingerprint density at radius 3 is 2.78 bits per heavy atom. The van der Waals surface area contributed by atoms with E-state index in [2.05, 4.69) is 25.6 Å². The average molecular weight is 349 g/mol. The molecule has 2 aromatic rings. The highest BCUT2D eigenvalue weighted by molar-refractivity contribution is 9.10. The van der Waals surface area contributed by atoms with Crippen LogP contribution < -0.4 is 4.72 Å². The van der Waals surface area contributed by atoms with Gasteiger partial charge in [-0.1, -0.05) is 0 Å². The van der Waals surface area contributed by atoms with E-state index < -0.39 is 10.0 Å². The lowest BCUT2D eigenvalue weighted by atomic mass is 10.4. The maximum Gasteiger partial charge on any atom is 0.271 e. The van der Waals surface area contributed by atoms with Gasteiger partial charge in [-0.15, -0.1) is 11.3 Å². The molecule has 0 fully saturated rings. The van der Waals surface area contributed by atoms with Crippen molar-refractivity contribution in [2.45, 2.75) is 10.8 Å². The molecule has 0 aliphatic carbocycles. The summed E-state index contributed by atoms with van der Waals surface area (Å²) >= 11 is 4.25. The standard InChI is InChI=1S/C10H9BrN2O3S2/c11-8-5-12-4-3-9(8)13-18(15,16)10-2-1-7(6-14)17-10/h1-5,14H,6H2,(H,12,13). The van der Waals surface area contributed by atoms with Crippen molar-refractivity contribution >= 4 is 43.0 Å². The van der Waals surface area contributed by atoms with Crippen LogP contribution in [0.1, 0.15) is 4.88 Å². The predicted molar refractivity (Wildman–Crippen MR) is 73.0 cm³/mol. The highest BCUT2D eigenvalue weighted by atomic mass is 79.9. The molecule has 0 saturated heterocycles. The van der Waals surface area contributed by atoms with E-state index in [4.69, 9.17) is 5.11 Å². The molecule has 0 unspecified atom stereocenters. The minimum atomic E-state index is -3.63. The molecule has 0 bridgehead atoms. The van der Waals surface area contributed by atoms with E-state index in [0.29, 0.717) is 15.0 Å². The molecule has 0 aliphatic rings. The molecule has 18 heavy (non-hydrogen) atoms. The zero-order valence-electron chi connectivity index (χ0n) is 9.00. The number of sulfonamides is 1. The van der Waals surface area contributed by atoms with Gasteiger partial charge in [-0.2, -0.15) is 0 Å². The van der Waals surface area contributed by atoms with Gasteiger partial charge in [-0.25, -0.2) is 8.42 Å². The first-order chi connectivity index (χ1) is 8.53. The number of thiophene rings is 1. The van der Waals surface area contributed by atoms with Crippen molar-refractivity contribution < 1.29 is 13.5 Å². The van der Waals surface area contributed by atoms with E-state index in [1.807, 2.05) is 0 Å². The van der Waals surface area contributed by atoms with Crippen LogP contribution in [-0.4, -0.2) is 18.5 Å². The minimum Gasteiger partial charge on any atom is -0.391 e. The highest BCUT2D eigenvalue weighted by Crippen LogP contribution is 2.27. The Morgan fingerprint density at radius 2 is 2.17 bits per heavy atom. The third-order valence-corrected chi connectivity index (χ3v) is 5.63. The van der Waals surface area contributed by atoms with E-state index in [1.54, 1.807) is 12.1 Å². The van der Waals surface area contributed by atoms with Gasteiger partial charge in [0.05, 0.1) is 16.8 Å². The first-order valence-electron chi connectivity index (χ1n) is 4.85. The molecule has 0 spiro atoms. The average Bonchev–Trinajstić information content (AvgIpc) is 2.81. The number of nitrogens with zero attached hydrogens (tertiary/aromatic N) is 1. The van der Waals surface area contributed by atoms with Gasteiger partial charge >= 0.3 is 0 Å². The molecule has 2 heterocycles. The molecule has 8 heteroatoms. The zero-order chi connectivity index (χ0) is 13.2. The molecule has 2 N–H and O–H groups in total. The normalized spacial score (nSPS) is 11.4. The van der Waals surface area contributed by atoms with Crippen molar-refractivity contribution in [3.8, 4) is 0 Å². The number of halogens is 1. The van der Waals surface area contributed by atoms with Crippen LogP contribution in [0.25, 0.3) is 0 Å². The second kappa shape index (κ2) is 5.35. The Balaban J connectivity index is 2.30. The van der Waals surface area contributed by atoms with Gasteiger partial charge in [0.1, 0.15) is 4.21 Å². The number of aromatic nitrogens is 1. The molecule has 0 atom stereocenters. The number of anilines is 1. The molecule has 5 nitrogen and oxygen atoms in total. The summed E-state index contributed by atoms with van der Waals surface area (Å²) in [5.41, 5.74) is 0.420. The molecule has 0 amide bonds. The van der Waals surface area contributed by atoms with Gasteiger partial charge in [0, 0.05) is 17.3 Å². The summed E-state index contributed by atoms with van der Waals surface area (Å²) in [4.78, 5) is 4.45. The smallest absolute Gasteiger partial charge is 0.271 e. The Morgan fingerprint density at radius 1 is 1.39 bits per heavy atom. The third-order valence-electron chi connectivity index (χ3n) is 2.07. The summed E-state index contributed by atoms with van der Waals surface area (Å²) in [6.45, 7) is -0.168. The summed E-state index contributed by atoms with van der Waals surface area (Å²) < 4.78 is 27.3. The predicted octanol–water partition coefficient (Wildman–Crippen LogP) is 2.20. The van der Waals surface area contributed by atoms with Gasteiger partial charge < -0.3 is 5.11 Å². The van der Waals surface area contributed by atoms with E-state index in [1.165, 1.54) is 18.5 Å². The molecular formula is C10H9BrN2O3S2. The minimum absolute atomic E-state index is 0.162. The first kappa shape index (κ1) is 13.5.